The molecule has 3 atom stereocenters. The molecule has 7 heteroatoms. The molecule has 3 aliphatic rings. The normalized spacial score (nSPS) is 23.2. The number of halogens is 1. The second-order valence-electron chi connectivity index (χ2n) is 8.85. The maximum atomic E-state index is 13.7. The van der Waals surface area contributed by atoms with Gasteiger partial charge in [-0.3, -0.25) is 4.79 Å². The zero-order valence-corrected chi connectivity index (χ0v) is 21.0. The molecule has 2 saturated carbocycles. The molecule has 1 heterocycles. The number of benzene rings is 1. The topological polar surface area (TPSA) is 92.9 Å². The van der Waals surface area contributed by atoms with Gasteiger partial charge in [-0.15, -0.1) is 0 Å². The van der Waals surface area contributed by atoms with Gasteiger partial charge in [0.1, 0.15) is 17.6 Å². The number of nitrogens with two attached hydrogens (primary N) is 1. The monoisotopic (exact) mass is 466 g/mol. The Bertz CT molecular complexity index is 739. The molecule has 3 N–H and O–H groups in total. The Morgan fingerprint density at radius 3 is 2.36 bits per heavy atom. The van der Waals surface area contributed by atoms with Crippen LogP contribution in [0, 0.1) is 24.6 Å². The Balaban J connectivity index is 0.000000330. The summed E-state index contributed by atoms with van der Waals surface area (Å²) in [6.45, 7) is 9.48. The fourth-order valence-electron chi connectivity index (χ4n) is 4.39. The molecule has 1 aromatic rings. The van der Waals surface area contributed by atoms with Gasteiger partial charge in [-0.2, -0.15) is 0 Å². The molecule has 3 unspecified atom stereocenters. The van der Waals surface area contributed by atoms with Crippen LogP contribution in [0.1, 0.15) is 82.8 Å². The number of hydrogen-bond donors (Lipinski definition) is 2. The molecule has 0 radical (unpaired) electrons. The van der Waals surface area contributed by atoms with Crippen LogP contribution in [-0.2, 0) is 9.59 Å². The van der Waals surface area contributed by atoms with E-state index in [-0.39, 0.29) is 5.82 Å². The fraction of sp³-hybridized carbons (Fsp3) is 0.692. The van der Waals surface area contributed by atoms with Crippen LogP contribution in [0.5, 0.6) is 5.75 Å². The van der Waals surface area contributed by atoms with Crippen molar-refractivity contribution < 1.29 is 23.8 Å². The summed E-state index contributed by atoms with van der Waals surface area (Å²) in [5.41, 5.74) is 6.47. The van der Waals surface area contributed by atoms with Crippen LogP contribution in [0.3, 0.4) is 0 Å². The van der Waals surface area contributed by atoms with E-state index in [0.717, 1.165) is 30.3 Å². The standard InChI is InChI=1S/C17H23FO.C6H9NO3.C2H6.CH5N/c1-11-3-4-13(7-11)10-19-17-9-16(18)12(2)8-15(17)14-5-6-14;8-4-7-3-1-2-5(7)6(9)10;2*1-2/h8-9,11,13-14H,3-7,10H2,1-2H3;4-5H,1-3H2,(H,9,10);1-2H3;2H2,1H3. The molecular formula is C26H43FN2O4. The van der Waals surface area contributed by atoms with E-state index in [1.165, 1.54) is 49.6 Å². The highest BCUT2D eigenvalue weighted by Crippen LogP contribution is 2.45. The van der Waals surface area contributed by atoms with Gasteiger partial charge in [0.05, 0.1) is 6.61 Å². The highest BCUT2D eigenvalue weighted by atomic mass is 19.1. The molecule has 6 nitrogen and oxygen atoms in total. The third-order valence-corrected chi connectivity index (χ3v) is 6.30. The van der Waals surface area contributed by atoms with E-state index in [0.29, 0.717) is 31.2 Å². The molecule has 1 amide bonds. The average molecular weight is 467 g/mol. The Morgan fingerprint density at radius 1 is 1.21 bits per heavy atom. The van der Waals surface area contributed by atoms with E-state index in [1.807, 2.05) is 26.8 Å². The molecule has 1 aromatic carbocycles. The number of nitrogens with zero attached hydrogens (tertiary/aromatic N) is 1. The van der Waals surface area contributed by atoms with Gasteiger partial charge in [0, 0.05) is 12.6 Å². The summed E-state index contributed by atoms with van der Waals surface area (Å²) in [6.07, 6.45) is 8.27. The van der Waals surface area contributed by atoms with Crippen molar-refractivity contribution in [2.24, 2.45) is 17.6 Å². The minimum Gasteiger partial charge on any atom is -0.493 e. The molecule has 3 fully saturated rings. The van der Waals surface area contributed by atoms with Crippen LogP contribution in [0.2, 0.25) is 0 Å². The number of rotatable bonds is 6. The largest absolute Gasteiger partial charge is 0.493 e. The van der Waals surface area contributed by atoms with Gasteiger partial charge < -0.3 is 20.5 Å². The first-order chi connectivity index (χ1) is 15.9. The summed E-state index contributed by atoms with van der Waals surface area (Å²) in [7, 11) is 1.50. The van der Waals surface area contributed by atoms with Crippen molar-refractivity contribution in [3.05, 3.63) is 29.1 Å². The predicted molar refractivity (Wildman–Crippen MR) is 130 cm³/mol. The van der Waals surface area contributed by atoms with E-state index < -0.39 is 12.0 Å². The first-order valence-electron chi connectivity index (χ1n) is 12.3. The lowest BCUT2D eigenvalue weighted by molar-refractivity contribution is -0.144. The van der Waals surface area contributed by atoms with Crippen LogP contribution < -0.4 is 10.5 Å². The lowest BCUT2D eigenvalue weighted by Gasteiger charge is -2.16. The van der Waals surface area contributed by atoms with Crippen molar-refractivity contribution in [2.45, 2.75) is 84.6 Å². The number of amides is 1. The van der Waals surface area contributed by atoms with E-state index in [4.69, 9.17) is 9.84 Å². The smallest absolute Gasteiger partial charge is 0.326 e. The van der Waals surface area contributed by atoms with Crippen LogP contribution in [0.4, 0.5) is 4.39 Å². The molecule has 0 spiro atoms. The second-order valence-corrected chi connectivity index (χ2v) is 8.85. The Kier molecular flexibility index (Phi) is 13.0. The van der Waals surface area contributed by atoms with E-state index in [9.17, 15) is 14.0 Å². The number of carboxylic acids is 1. The zero-order valence-electron chi connectivity index (χ0n) is 21.0. The maximum absolute atomic E-state index is 13.7. The summed E-state index contributed by atoms with van der Waals surface area (Å²) in [5, 5.41) is 8.51. The van der Waals surface area contributed by atoms with Crippen molar-refractivity contribution >= 4 is 12.4 Å². The van der Waals surface area contributed by atoms with E-state index in [2.05, 4.69) is 12.7 Å². The predicted octanol–water partition coefficient (Wildman–Crippen LogP) is 5.12. The van der Waals surface area contributed by atoms with Crippen molar-refractivity contribution in [1.29, 1.82) is 0 Å². The zero-order chi connectivity index (χ0) is 25.0. The molecule has 2 aliphatic carbocycles. The molecule has 1 saturated heterocycles. The van der Waals surface area contributed by atoms with Crippen molar-refractivity contribution in [3.8, 4) is 5.75 Å². The summed E-state index contributed by atoms with van der Waals surface area (Å²) in [5.74, 6) is 1.85. The number of hydrogen-bond acceptors (Lipinski definition) is 4. The van der Waals surface area contributed by atoms with E-state index >= 15 is 0 Å². The highest BCUT2D eigenvalue weighted by Gasteiger charge is 2.29. The molecular weight excluding hydrogens is 423 g/mol. The summed E-state index contributed by atoms with van der Waals surface area (Å²) in [6, 6.07) is 3.01. The van der Waals surface area contributed by atoms with Crippen molar-refractivity contribution in [3.63, 3.8) is 0 Å². The SMILES string of the molecule is CC.CN.Cc1cc(C2CC2)c(OCC2CCC(C)C2)cc1F.O=CN1CCCC1C(=O)O. The van der Waals surface area contributed by atoms with Crippen molar-refractivity contribution in [2.75, 3.05) is 20.2 Å². The Hall–Kier alpha value is -2.15. The molecule has 4 rings (SSSR count). The Morgan fingerprint density at radius 2 is 1.88 bits per heavy atom. The Labute approximate surface area is 198 Å². The molecule has 33 heavy (non-hydrogen) atoms. The average Bonchev–Trinajstić information content (AvgIpc) is 3.40. The van der Waals surface area contributed by atoms with Gasteiger partial charge >= 0.3 is 5.97 Å². The minimum absolute atomic E-state index is 0.140. The number of aliphatic carboxylic acids is 1. The van der Waals surface area contributed by atoms with Crippen LogP contribution >= 0.6 is 0 Å². The lowest BCUT2D eigenvalue weighted by atomic mass is 10.1. The van der Waals surface area contributed by atoms with Gasteiger partial charge in [-0.25, -0.2) is 9.18 Å². The third kappa shape index (κ3) is 8.95. The van der Waals surface area contributed by atoms with E-state index in [1.54, 1.807) is 6.07 Å². The molecule has 1 aliphatic heterocycles. The lowest BCUT2D eigenvalue weighted by Crippen LogP contribution is -2.34. The molecule has 0 aromatic heterocycles. The number of ether oxygens (including phenoxy) is 1. The van der Waals surface area contributed by atoms with Gasteiger partial charge in [-0.1, -0.05) is 27.2 Å². The molecule has 188 valence electrons. The minimum atomic E-state index is -0.899. The maximum Gasteiger partial charge on any atom is 0.326 e. The van der Waals surface area contributed by atoms with Gasteiger partial charge in [0.15, 0.2) is 0 Å². The second kappa shape index (κ2) is 14.9. The van der Waals surface area contributed by atoms with Gasteiger partial charge in [0.2, 0.25) is 6.41 Å². The van der Waals surface area contributed by atoms with Crippen LogP contribution in [0.25, 0.3) is 0 Å². The number of carboxylic acid groups (broad SMARTS) is 1. The van der Waals surface area contributed by atoms with Gasteiger partial charge in [0.25, 0.3) is 0 Å². The van der Waals surface area contributed by atoms with Gasteiger partial charge in [-0.05, 0) is 87.4 Å². The first kappa shape index (κ1) is 28.9. The third-order valence-electron chi connectivity index (χ3n) is 6.30. The number of carbonyl (C=O) groups is 2. The highest BCUT2D eigenvalue weighted by molar-refractivity contribution is 5.76. The quantitative estimate of drug-likeness (QED) is 0.568. The molecule has 0 bridgehead atoms. The first-order valence-corrected chi connectivity index (χ1v) is 12.3. The summed E-state index contributed by atoms with van der Waals surface area (Å²) < 4.78 is 19.7. The summed E-state index contributed by atoms with van der Waals surface area (Å²) in [4.78, 5) is 21.9. The number of carbonyl (C=O) groups excluding carboxylic acids is 1. The van der Waals surface area contributed by atoms with Crippen LogP contribution in [0.15, 0.2) is 12.1 Å². The number of likely N-dealkylation sites (tertiary alicyclic amines) is 1. The fourth-order valence-corrected chi connectivity index (χ4v) is 4.39. The summed E-state index contributed by atoms with van der Waals surface area (Å²) >= 11 is 0. The van der Waals surface area contributed by atoms with Crippen LogP contribution in [-0.4, -0.2) is 48.6 Å². The van der Waals surface area contributed by atoms with Crippen molar-refractivity contribution in [1.82, 2.24) is 4.90 Å². The number of aryl methyl sites for hydroxylation is 1.